The number of nitrogens with zero attached hydrogens (tertiary/aromatic N) is 3. The molecule has 0 N–H and O–H groups in total. The van der Waals surface area contributed by atoms with Crippen molar-refractivity contribution in [2.45, 2.75) is 44.9 Å². The average Bonchev–Trinajstić information content (AvgIpc) is 3.33. The molecule has 3 heterocycles. The van der Waals surface area contributed by atoms with Crippen molar-refractivity contribution in [2.24, 2.45) is 17.8 Å². The molecule has 0 unspecified atom stereocenters. The third-order valence-electron chi connectivity index (χ3n) is 7.46. The third kappa shape index (κ3) is 5.05. The molecular formula is C25H29F4N3O2. The summed E-state index contributed by atoms with van der Waals surface area (Å²) >= 11 is 0. The van der Waals surface area contributed by atoms with Gasteiger partial charge < -0.3 is 14.4 Å². The van der Waals surface area contributed by atoms with Crippen molar-refractivity contribution in [3.63, 3.8) is 0 Å². The van der Waals surface area contributed by atoms with Gasteiger partial charge in [0.25, 0.3) is 0 Å². The first kappa shape index (κ1) is 23.5. The van der Waals surface area contributed by atoms with Crippen molar-refractivity contribution in [1.29, 1.82) is 0 Å². The van der Waals surface area contributed by atoms with Gasteiger partial charge in [0.1, 0.15) is 17.5 Å². The van der Waals surface area contributed by atoms with Gasteiger partial charge in [-0.3, -0.25) is 0 Å². The zero-order chi connectivity index (χ0) is 23.9. The van der Waals surface area contributed by atoms with E-state index in [1.807, 2.05) is 0 Å². The van der Waals surface area contributed by atoms with E-state index < -0.39 is 23.4 Å². The second-order valence-electron chi connectivity index (χ2n) is 9.91. The molecule has 0 radical (unpaired) electrons. The summed E-state index contributed by atoms with van der Waals surface area (Å²) in [6.45, 7) is 6.38. The van der Waals surface area contributed by atoms with Crippen LogP contribution in [0.1, 0.15) is 36.8 Å². The molecule has 1 saturated carbocycles. The Morgan fingerprint density at radius 3 is 2.44 bits per heavy atom. The Morgan fingerprint density at radius 1 is 1.06 bits per heavy atom. The molecule has 1 aromatic carbocycles. The smallest absolute Gasteiger partial charge is 0.421 e. The molecule has 3 aliphatic rings. The maximum atomic E-state index is 13.9. The van der Waals surface area contributed by atoms with Crippen LogP contribution < -0.4 is 4.74 Å². The number of rotatable bonds is 5. The Hall–Kier alpha value is -2.26. The second kappa shape index (κ2) is 9.41. The number of fused-ring (bicyclic) bond motifs is 1. The SMILES string of the molecule is Cc1ccc(F)cc1-c1cc(C(F)(F)F)c(OC2C[C@@H]3CN(CC4CCOCC4)C[C@H]3C2)nn1. The summed E-state index contributed by atoms with van der Waals surface area (Å²) in [7, 11) is 0. The maximum Gasteiger partial charge on any atom is 0.421 e. The van der Waals surface area contributed by atoms with Crippen molar-refractivity contribution in [3.8, 4) is 17.1 Å². The lowest BCUT2D eigenvalue weighted by molar-refractivity contribution is -0.139. The molecule has 5 rings (SSSR count). The van der Waals surface area contributed by atoms with Gasteiger partial charge in [0, 0.05) is 38.4 Å². The molecule has 1 aromatic heterocycles. The summed E-state index contributed by atoms with van der Waals surface area (Å²) in [5, 5.41) is 7.76. The van der Waals surface area contributed by atoms with Crippen LogP contribution in [0.3, 0.4) is 0 Å². The number of halogens is 4. The number of aromatic nitrogens is 2. The molecule has 2 atom stereocenters. The number of ether oxygens (including phenoxy) is 2. The van der Waals surface area contributed by atoms with E-state index >= 15 is 0 Å². The number of aryl methyl sites for hydroxylation is 1. The molecule has 0 amide bonds. The molecule has 2 saturated heterocycles. The van der Waals surface area contributed by atoms with Gasteiger partial charge in [0.05, 0.1) is 5.69 Å². The minimum atomic E-state index is -4.66. The van der Waals surface area contributed by atoms with Crippen LogP contribution in [0, 0.1) is 30.5 Å². The maximum absolute atomic E-state index is 13.9. The highest BCUT2D eigenvalue weighted by atomic mass is 19.4. The van der Waals surface area contributed by atoms with Crippen molar-refractivity contribution >= 4 is 0 Å². The van der Waals surface area contributed by atoms with Crippen LogP contribution >= 0.6 is 0 Å². The Bertz CT molecular complexity index is 1010. The van der Waals surface area contributed by atoms with Crippen LogP contribution in [0.5, 0.6) is 5.88 Å². The molecular weight excluding hydrogens is 450 g/mol. The standard InChI is InChI=1S/C25H29F4N3O2/c1-15-2-3-19(26)10-21(15)23-11-22(25(27,28)29)24(31-30-23)34-20-8-17-13-32(14-18(17)9-20)12-16-4-6-33-7-5-16/h2-3,10-11,16-18,20H,4-9,12-14H2,1H3/t17-,18-/m1/s1. The van der Waals surface area contributed by atoms with Gasteiger partial charge in [0.15, 0.2) is 0 Å². The lowest BCUT2D eigenvalue weighted by Gasteiger charge is -2.27. The van der Waals surface area contributed by atoms with Crippen LogP contribution in [0.15, 0.2) is 24.3 Å². The highest BCUT2D eigenvalue weighted by molar-refractivity contribution is 5.64. The normalized spacial score (nSPS) is 24.5. The minimum absolute atomic E-state index is 0.0243. The fourth-order valence-electron chi connectivity index (χ4n) is 5.71. The number of hydrogen-bond acceptors (Lipinski definition) is 5. The molecule has 0 spiro atoms. The summed E-state index contributed by atoms with van der Waals surface area (Å²) in [5.74, 6) is 0.501. The zero-order valence-electron chi connectivity index (χ0n) is 19.2. The van der Waals surface area contributed by atoms with Crippen LogP contribution in [0.2, 0.25) is 0 Å². The van der Waals surface area contributed by atoms with E-state index in [0.717, 1.165) is 64.6 Å². The average molecular weight is 480 g/mol. The van der Waals surface area contributed by atoms with Crippen LogP contribution in [0.25, 0.3) is 11.3 Å². The van der Waals surface area contributed by atoms with Crippen LogP contribution in [-0.4, -0.2) is 54.0 Å². The quantitative estimate of drug-likeness (QED) is 0.557. The van der Waals surface area contributed by atoms with Crippen molar-refractivity contribution in [1.82, 2.24) is 15.1 Å². The van der Waals surface area contributed by atoms with E-state index in [-0.39, 0.29) is 17.4 Å². The Balaban J connectivity index is 1.26. The molecule has 9 heteroatoms. The largest absolute Gasteiger partial charge is 0.473 e. The topological polar surface area (TPSA) is 47.5 Å². The first-order valence-electron chi connectivity index (χ1n) is 11.9. The molecule has 2 aromatic rings. The van der Waals surface area contributed by atoms with Gasteiger partial charge in [-0.25, -0.2) is 4.39 Å². The third-order valence-corrected chi connectivity index (χ3v) is 7.46. The number of benzene rings is 1. The van der Waals surface area contributed by atoms with E-state index in [2.05, 4.69) is 15.1 Å². The fourth-order valence-corrected chi connectivity index (χ4v) is 5.71. The molecule has 34 heavy (non-hydrogen) atoms. The molecule has 0 bridgehead atoms. The number of alkyl halides is 3. The molecule has 1 aliphatic carbocycles. The van der Waals surface area contributed by atoms with Crippen LogP contribution in [0.4, 0.5) is 17.6 Å². The highest BCUT2D eigenvalue weighted by Gasteiger charge is 2.44. The van der Waals surface area contributed by atoms with Crippen molar-refractivity contribution in [2.75, 3.05) is 32.8 Å². The van der Waals surface area contributed by atoms with Gasteiger partial charge >= 0.3 is 6.18 Å². The van der Waals surface area contributed by atoms with E-state index in [1.165, 1.54) is 18.2 Å². The van der Waals surface area contributed by atoms with E-state index in [1.54, 1.807) is 6.92 Å². The van der Waals surface area contributed by atoms with Gasteiger partial charge in [-0.05, 0) is 74.1 Å². The van der Waals surface area contributed by atoms with Crippen LogP contribution in [-0.2, 0) is 10.9 Å². The first-order valence-corrected chi connectivity index (χ1v) is 11.9. The lowest BCUT2D eigenvalue weighted by Crippen LogP contribution is -2.32. The number of likely N-dealkylation sites (tertiary alicyclic amines) is 1. The van der Waals surface area contributed by atoms with E-state index in [9.17, 15) is 17.6 Å². The summed E-state index contributed by atoms with van der Waals surface area (Å²) in [6.07, 6.45) is -1.33. The zero-order valence-corrected chi connectivity index (χ0v) is 19.2. The predicted octanol–water partition coefficient (Wildman–Crippen LogP) is 5.13. The molecule has 184 valence electrons. The molecule has 2 aliphatic heterocycles. The highest BCUT2D eigenvalue weighted by Crippen LogP contribution is 2.42. The van der Waals surface area contributed by atoms with Gasteiger partial charge in [-0.2, -0.15) is 13.2 Å². The molecule has 3 fully saturated rings. The Kier molecular flexibility index (Phi) is 6.50. The predicted molar refractivity (Wildman–Crippen MR) is 118 cm³/mol. The van der Waals surface area contributed by atoms with Crippen molar-refractivity contribution in [3.05, 3.63) is 41.2 Å². The summed E-state index contributed by atoms with van der Waals surface area (Å²) in [4.78, 5) is 2.50. The summed E-state index contributed by atoms with van der Waals surface area (Å²) in [6, 6.07) is 4.85. The number of hydrogen-bond donors (Lipinski definition) is 0. The molecule has 5 nitrogen and oxygen atoms in total. The minimum Gasteiger partial charge on any atom is -0.473 e. The Morgan fingerprint density at radius 2 is 1.76 bits per heavy atom. The summed E-state index contributed by atoms with van der Waals surface area (Å²) in [5.41, 5.74) is -0.0981. The second-order valence-corrected chi connectivity index (χ2v) is 9.91. The van der Waals surface area contributed by atoms with Gasteiger partial charge in [-0.15, -0.1) is 10.2 Å². The first-order chi connectivity index (χ1) is 16.3. The van der Waals surface area contributed by atoms with Crippen molar-refractivity contribution < 1.29 is 27.0 Å². The van der Waals surface area contributed by atoms with Gasteiger partial charge in [-0.1, -0.05) is 6.07 Å². The van der Waals surface area contributed by atoms with E-state index in [0.29, 0.717) is 23.3 Å². The van der Waals surface area contributed by atoms with Gasteiger partial charge in [0.2, 0.25) is 5.88 Å². The van der Waals surface area contributed by atoms with E-state index in [4.69, 9.17) is 9.47 Å². The summed E-state index contributed by atoms with van der Waals surface area (Å²) < 4.78 is 66.5. The Labute approximate surface area is 196 Å². The lowest BCUT2D eigenvalue weighted by atomic mass is 10.00. The fraction of sp³-hybridized carbons (Fsp3) is 0.600. The monoisotopic (exact) mass is 479 g/mol.